The van der Waals surface area contributed by atoms with Gasteiger partial charge in [-0.05, 0) is 43.2 Å². The molecule has 1 saturated heterocycles. The molecule has 0 atom stereocenters. The maximum atomic E-state index is 6.18. The molecule has 20 heavy (non-hydrogen) atoms. The minimum Gasteiger partial charge on any atom is -0.454 e. The van der Waals surface area contributed by atoms with Crippen LogP contribution in [0.25, 0.3) is 11.3 Å². The average Bonchev–Trinajstić information content (AvgIpc) is 3.11. The lowest BCUT2D eigenvalue weighted by molar-refractivity contribution is 0.500. The molecule has 0 unspecified atom stereocenters. The zero-order valence-corrected chi connectivity index (χ0v) is 13.1. The Balaban J connectivity index is 1.89. The van der Waals surface area contributed by atoms with E-state index in [9.17, 15) is 0 Å². The summed E-state index contributed by atoms with van der Waals surface area (Å²) < 4.78 is 5.85. The Morgan fingerprint density at radius 3 is 2.60 bits per heavy atom. The van der Waals surface area contributed by atoms with Gasteiger partial charge in [0.1, 0.15) is 10.7 Å². The van der Waals surface area contributed by atoms with Crippen molar-refractivity contribution < 1.29 is 4.42 Å². The van der Waals surface area contributed by atoms with Crippen molar-refractivity contribution >= 4 is 40.4 Å². The highest BCUT2D eigenvalue weighted by atomic mass is 35.5. The van der Waals surface area contributed by atoms with Gasteiger partial charge in [0.15, 0.2) is 5.76 Å². The van der Waals surface area contributed by atoms with Crippen LogP contribution in [-0.2, 0) is 0 Å². The summed E-state index contributed by atoms with van der Waals surface area (Å²) in [4.78, 5) is 2.95. The van der Waals surface area contributed by atoms with Gasteiger partial charge in [-0.25, -0.2) is 0 Å². The number of thiocarbonyl (C=S) groups is 1. The third-order valence-electron chi connectivity index (χ3n) is 3.40. The zero-order valence-electron chi connectivity index (χ0n) is 10.7. The summed E-state index contributed by atoms with van der Waals surface area (Å²) in [5.74, 6) is 1.40. The van der Waals surface area contributed by atoms with E-state index in [0.717, 1.165) is 23.6 Å². The van der Waals surface area contributed by atoms with Crippen LogP contribution >= 0.6 is 35.4 Å². The number of nitrogens with zero attached hydrogens (tertiary/aromatic N) is 1. The lowest BCUT2D eigenvalue weighted by atomic mass is 10.2. The summed E-state index contributed by atoms with van der Waals surface area (Å²) in [5.41, 5.74) is 0.787. The Bertz CT molecular complexity index is 647. The number of furan rings is 1. The predicted molar refractivity (Wildman–Crippen MR) is 86.7 cm³/mol. The smallest absolute Gasteiger partial charge is 0.162 e. The zero-order chi connectivity index (χ0) is 14.1. The first kappa shape index (κ1) is 13.9. The quantitative estimate of drug-likeness (QED) is 0.721. The van der Waals surface area contributed by atoms with Gasteiger partial charge in [0, 0.05) is 23.7 Å². The highest BCUT2D eigenvalue weighted by molar-refractivity contribution is 7.80. The maximum Gasteiger partial charge on any atom is 0.162 e. The fraction of sp³-hybridized carbons (Fsp3) is 0.267. The molecule has 0 saturated carbocycles. The van der Waals surface area contributed by atoms with Crippen molar-refractivity contribution in [2.24, 2.45) is 0 Å². The average molecular weight is 326 g/mol. The summed E-state index contributed by atoms with van der Waals surface area (Å²) in [6, 6.07) is 9.10. The maximum absolute atomic E-state index is 6.18. The second kappa shape index (κ2) is 5.76. The molecule has 2 heterocycles. The molecule has 1 aliphatic heterocycles. The number of halogens is 2. The minimum atomic E-state index is 0.613. The van der Waals surface area contributed by atoms with Crippen molar-refractivity contribution in [3.63, 3.8) is 0 Å². The van der Waals surface area contributed by atoms with E-state index >= 15 is 0 Å². The predicted octanol–water partition coefficient (Wildman–Crippen LogP) is 5.02. The van der Waals surface area contributed by atoms with Gasteiger partial charge < -0.3 is 9.32 Å². The Kier molecular flexibility index (Phi) is 4.01. The van der Waals surface area contributed by atoms with Gasteiger partial charge >= 0.3 is 0 Å². The Morgan fingerprint density at radius 1 is 1.10 bits per heavy atom. The molecule has 1 aliphatic rings. The van der Waals surface area contributed by atoms with Crippen LogP contribution in [0.15, 0.2) is 34.7 Å². The molecule has 0 amide bonds. The third kappa shape index (κ3) is 2.71. The van der Waals surface area contributed by atoms with E-state index in [-0.39, 0.29) is 0 Å². The van der Waals surface area contributed by atoms with Crippen LogP contribution in [0.1, 0.15) is 18.6 Å². The topological polar surface area (TPSA) is 16.4 Å². The standard InChI is InChI=1S/C15H13Cl2NOS/c16-10-3-4-12(17)11(9-10)13-5-6-14(19-13)15(20)18-7-1-2-8-18/h3-6,9H,1-2,7-8H2. The molecule has 0 aliphatic carbocycles. The van der Waals surface area contributed by atoms with Gasteiger partial charge in [0.05, 0.1) is 5.02 Å². The van der Waals surface area contributed by atoms with E-state index in [2.05, 4.69) is 4.90 Å². The number of likely N-dealkylation sites (tertiary alicyclic amines) is 1. The molecule has 0 radical (unpaired) electrons. The Labute approximate surface area is 133 Å². The van der Waals surface area contributed by atoms with Gasteiger partial charge in [0.25, 0.3) is 0 Å². The largest absolute Gasteiger partial charge is 0.454 e. The van der Waals surface area contributed by atoms with Gasteiger partial charge in [0.2, 0.25) is 0 Å². The van der Waals surface area contributed by atoms with Gasteiger partial charge in [-0.2, -0.15) is 0 Å². The van der Waals surface area contributed by atoms with Crippen LogP contribution in [0, 0.1) is 0 Å². The number of hydrogen-bond acceptors (Lipinski definition) is 2. The van der Waals surface area contributed by atoms with Crippen LogP contribution in [0.5, 0.6) is 0 Å². The first-order chi connectivity index (χ1) is 9.65. The van der Waals surface area contributed by atoms with Crippen molar-refractivity contribution in [2.75, 3.05) is 13.1 Å². The Hall–Kier alpha value is -1.03. The lowest BCUT2D eigenvalue weighted by Crippen LogP contribution is -2.26. The molecule has 2 aromatic rings. The van der Waals surface area contributed by atoms with Crippen LogP contribution in [0.3, 0.4) is 0 Å². The summed E-state index contributed by atoms with van der Waals surface area (Å²) >= 11 is 17.7. The van der Waals surface area contributed by atoms with Gasteiger partial charge in [-0.15, -0.1) is 0 Å². The van der Waals surface area contributed by atoms with E-state index in [1.54, 1.807) is 18.2 Å². The van der Waals surface area contributed by atoms with E-state index in [0.29, 0.717) is 21.6 Å². The van der Waals surface area contributed by atoms with Crippen LogP contribution in [-0.4, -0.2) is 23.0 Å². The summed E-state index contributed by atoms with van der Waals surface area (Å²) in [6.45, 7) is 2.01. The second-order valence-corrected chi connectivity index (χ2v) is 6.02. The minimum absolute atomic E-state index is 0.613. The van der Waals surface area contributed by atoms with Crippen molar-refractivity contribution in [1.29, 1.82) is 0 Å². The fourth-order valence-electron chi connectivity index (χ4n) is 2.36. The first-order valence-corrected chi connectivity index (χ1v) is 7.66. The molecule has 104 valence electrons. The normalized spacial score (nSPS) is 14.8. The summed E-state index contributed by atoms with van der Waals surface area (Å²) in [5, 5.41) is 1.24. The molecule has 3 rings (SSSR count). The molecule has 0 N–H and O–H groups in total. The number of benzene rings is 1. The lowest BCUT2D eigenvalue weighted by Gasteiger charge is -2.16. The van der Waals surface area contributed by atoms with E-state index in [1.807, 2.05) is 12.1 Å². The van der Waals surface area contributed by atoms with Gasteiger partial charge in [-0.3, -0.25) is 0 Å². The summed E-state index contributed by atoms with van der Waals surface area (Å²) in [6.07, 6.45) is 2.38. The Morgan fingerprint density at radius 2 is 1.85 bits per heavy atom. The number of hydrogen-bond donors (Lipinski definition) is 0. The highest BCUT2D eigenvalue weighted by Crippen LogP contribution is 2.32. The molecular formula is C15H13Cl2NOS. The molecule has 1 fully saturated rings. The van der Waals surface area contributed by atoms with Crippen molar-refractivity contribution in [1.82, 2.24) is 4.90 Å². The van der Waals surface area contributed by atoms with Crippen molar-refractivity contribution in [3.8, 4) is 11.3 Å². The second-order valence-electron chi connectivity index (χ2n) is 4.79. The van der Waals surface area contributed by atoms with Crippen LogP contribution in [0.4, 0.5) is 0 Å². The summed E-state index contributed by atoms with van der Waals surface area (Å²) in [7, 11) is 0. The molecule has 2 nitrogen and oxygen atoms in total. The molecule has 0 bridgehead atoms. The fourth-order valence-corrected chi connectivity index (χ4v) is 3.04. The molecule has 0 spiro atoms. The SMILES string of the molecule is S=C(c1ccc(-c2cc(Cl)ccc2Cl)o1)N1CCCC1. The molecular weight excluding hydrogens is 313 g/mol. The van der Waals surface area contributed by atoms with Crippen LogP contribution < -0.4 is 0 Å². The molecule has 5 heteroatoms. The number of rotatable bonds is 2. The third-order valence-corrected chi connectivity index (χ3v) is 4.43. The van der Waals surface area contributed by atoms with Gasteiger partial charge in [-0.1, -0.05) is 35.4 Å². The highest BCUT2D eigenvalue weighted by Gasteiger charge is 2.19. The first-order valence-electron chi connectivity index (χ1n) is 6.50. The molecule has 1 aromatic heterocycles. The van der Waals surface area contributed by atoms with E-state index < -0.39 is 0 Å². The monoisotopic (exact) mass is 325 g/mol. The van der Waals surface area contributed by atoms with Crippen molar-refractivity contribution in [3.05, 3.63) is 46.1 Å². The molecule has 1 aromatic carbocycles. The van der Waals surface area contributed by atoms with E-state index in [1.165, 1.54) is 12.8 Å². The van der Waals surface area contributed by atoms with Crippen LogP contribution in [0.2, 0.25) is 10.0 Å². The van der Waals surface area contributed by atoms with E-state index in [4.69, 9.17) is 39.8 Å². The van der Waals surface area contributed by atoms with Crippen molar-refractivity contribution in [2.45, 2.75) is 12.8 Å².